The number of hydrogen-bond donors (Lipinski definition) is 3. The van der Waals surface area contributed by atoms with E-state index in [-0.39, 0.29) is 29.7 Å². The monoisotopic (exact) mass is 451 g/mol. The van der Waals surface area contributed by atoms with Crippen LogP contribution in [0.25, 0.3) is 5.65 Å². The van der Waals surface area contributed by atoms with E-state index in [0.29, 0.717) is 28.5 Å². The van der Waals surface area contributed by atoms with E-state index in [2.05, 4.69) is 26.0 Å². The van der Waals surface area contributed by atoms with Crippen LogP contribution in [0.1, 0.15) is 54.9 Å². The Morgan fingerprint density at radius 3 is 2.85 bits per heavy atom. The molecule has 2 fully saturated rings. The number of pyridine rings is 1. The van der Waals surface area contributed by atoms with Gasteiger partial charge in [0.15, 0.2) is 5.65 Å². The van der Waals surface area contributed by atoms with Crippen LogP contribution in [0.3, 0.4) is 0 Å². The number of rotatable bonds is 7. The highest BCUT2D eigenvalue weighted by Gasteiger charge is 2.27. The van der Waals surface area contributed by atoms with Gasteiger partial charge in [-0.15, -0.1) is 0 Å². The molecule has 0 aromatic carbocycles. The van der Waals surface area contributed by atoms with E-state index in [0.717, 1.165) is 38.5 Å². The van der Waals surface area contributed by atoms with E-state index in [1.807, 2.05) is 12.3 Å². The van der Waals surface area contributed by atoms with Crippen molar-refractivity contribution in [1.29, 1.82) is 0 Å². The molecule has 3 aromatic heterocycles. The standard InChI is InChI=1S/C23H29N7O3/c1-24-20-12-19(28-21-17(13-25-30(20)21)22(31)26-14-8-9-14)27-18-7-4-10-29(23(18)32)15-5-3-6-16(11-15)33-2/h4,7,10,12-16,24H,3,5-6,8-9,11H2,1-2H3,(H,26,31)(H,27,28)/t15?,16-/m1/s1. The highest BCUT2D eigenvalue weighted by Crippen LogP contribution is 2.29. The number of fused-ring (bicyclic) bond motifs is 1. The van der Waals surface area contributed by atoms with Crippen LogP contribution >= 0.6 is 0 Å². The Morgan fingerprint density at radius 2 is 2.09 bits per heavy atom. The summed E-state index contributed by atoms with van der Waals surface area (Å²) in [6.45, 7) is 0. The molecule has 10 nitrogen and oxygen atoms in total. The fourth-order valence-corrected chi connectivity index (χ4v) is 4.47. The van der Waals surface area contributed by atoms with E-state index >= 15 is 0 Å². The molecule has 5 rings (SSSR count). The Morgan fingerprint density at radius 1 is 1.24 bits per heavy atom. The van der Waals surface area contributed by atoms with E-state index < -0.39 is 0 Å². The van der Waals surface area contributed by atoms with Gasteiger partial charge in [0.05, 0.1) is 12.3 Å². The van der Waals surface area contributed by atoms with Gasteiger partial charge >= 0.3 is 0 Å². The zero-order valence-electron chi connectivity index (χ0n) is 18.9. The Hall–Kier alpha value is -3.40. The number of anilines is 3. The molecule has 33 heavy (non-hydrogen) atoms. The van der Waals surface area contributed by atoms with Crippen molar-refractivity contribution in [3.63, 3.8) is 0 Å². The van der Waals surface area contributed by atoms with Crippen LogP contribution in [0.5, 0.6) is 0 Å². The Kier molecular flexibility index (Phi) is 5.76. The lowest BCUT2D eigenvalue weighted by Crippen LogP contribution is -2.31. The molecule has 2 aliphatic rings. The van der Waals surface area contributed by atoms with Crippen LogP contribution in [0.4, 0.5) is 17.3 Å². The molecule has 0 aliphatic heterocycles. The predicted molar refractivity (Wildman–Crippen MR) is 125 cm³/mol. The van der Waals surface area contributed by atoms with Crippen molar-refractivity contribution < 1.29 is 9.53 Å². The zero-order chi connectivity index (χ0) is 22.9. The number of methoxy groups -OCH3 is 1. The molecule has 1 unspecified atom stereocenters. The van der Waals surface area contributed by atoms with Gasteiger partial charge in [-0.05, 0) is 50.7 Å². The lowest BCUT2D eigenvalue weighted by atomic mass is 9.92. The lowest BCUT2D eigenvalue weighted by Gasteiger charge is -2.29. The third-order valence-electron chi connectivity index (χ3n) is 6.45. The van der Waals surface area contributed by atoms with Crippen LogP contribution in [0.15, 0.2) is 35.4 Å². The first-order chi connectivity index (χ1) is 16.1. The van der Waals surface area contributed by atoms with E-state index in [1.165, 1.54) is 6.20 Å². The average Bonchev–Trinajstić information content (AvgIpc) is 3.54. The molecule has 3 N–H and O–H groups in total. The maximum absolute atomic E-state index is 13.3. The summed E-state index contributed by atoms with van der Waals surface area (Å²) in [4.78, 5) is 30.5. The first kappa shape index (κ1) is 21.4. The first-order valence-corrected chi connectivity index (χ1v) is 11.5. The van der Waals surface area contributed by atoms with Crippen molar-refractivity contribution in [1.82, 2.24) is 24.5 Å². The number of nitrogens with zero attached hydrogens (tertiary/aromatic N) is 4. The third-order valence-corrected chi connectivity index (χ3v) is 6.45. The first-order valence-electron chi connectivity index (χ1n) is 11.5. The summed E-state index contributed by atoms with van der Waals surface area (Å²) in [5.41, 5.74) is 1.15. The van der Waals surface area contributed by atoms with Gasteiger partial charge in [0, 0.05) is 38.5 Å². The summed E-state index contributed by atoms with van der Waals surface area (Å²) in [5.74, 6) is 0.923. The number of carbonyl (C=O) groups excluding carboxylic acids is 1. The van der Waals surface area contributed by atoms with E-state index in [4.69, 9.17) is 4.74 Å². The molecule has 10 heteroatoms. The molecule has 0 bridgehead atoms. The van der Waals surface area contributed by atoms with E-state index in [1.54, 1.807) is 35.4 Å². The number of nitrogens with one attached hydrogen (secondary N) is 3. The highest BCUT2D eigenvalue weighted by molar-refractivity contribution is 6.00. The second-order valence-corrected chi connectivity index (χ2v) is 8.76. The molecule has 2 aliphatic carbocycles. The molecule has 2 atom stereocenters. The quantitative estimate of drug-likeness (QED) is 0.506. The minimum atomic E-state index is -0.189. The fourth-order valence-electron chi connectivity index (χ4n) is 4.47. The van der Waals surface area contributed by atoms with Gasteiger partial charge in [-0.1, -0.05) is 0 Å². The summed E-state index contributed by atoms with van der Waals surface area (Å²) in [7, 11) is 3.50. The second-order valence-electron chi connectivity index (χ2n) is 8.76. The van der Waals surface area contributed by atoms with Gasteiger partial charge < -0.3 is 25.3 Å². The van der Waals surface area contributed by atoms with Crippen molar-refractivity contribution in [3.05, 3.63) is 46.5 Å². The van der Waals surface area contributed by atoms with Gasteiger partial charge in [0.25, 0.3) is 11.5 Å². The summed E-state index contributed by atoms with van der Waals surface area (Å²) >= 11 is 0. The number of aromatic nitrogens is 4. The van der Waals surface area contributed by atoms with Crippen molar-refractivity contribution in [3.8, 4) is 0 Å². The molecule has 1 amide bonds. The number of carbonyl (C=O) groups is 1. The van der Waals surface area contributed by atoms with Crippen molar-refractivity contribution in [2.75, 3.05) is 24.8 Å². The number of amides is 1. The summed E-state index contributed by atoms with van der Waals surface area (Å²) < 4.78 is 8.91. The second kappa shape index (κ2) is 8.86. The summed E-state index contributed by atoms with van der Waals surface area (Å²) in [6.07, 6.45) is 9.37. The van der Waals surface area contributed by atoms with Crippen LogP contribution < -0.4 is 21.5 Å². The molecule has 0 spiro atoms. The minimum absolute atomic E-state index is 0.104. The Balaban J connectivity index is 1.46. The molecule has 0 radical (unpaired) electrons. The molecule has 3 aromatic rings. The smallest absolute Gasteiger partial charge is 0.274 e. The topological polar surface area (TPSA) is 115 Å². The summed E-state index contributed by atoms with van der Waals surface area (Å²) in [6, 6.07) is 5.72. The average molecular weight is 452 g/mol. The van der Waals surface area contributed by atoms with Crippen LogP contribution in [-0.4, -0.2) is 51.4 Å². The van der Waals surface area contributed by atoms with Crippen molar-refractivity contribution in [2.24, 2.45) is 0 Å². The normalized spacial score (nSPS) is 20.5. The molecule has 0 saturated heterocycles. The van der Waals surface area contributed by atoms with Crippen LogP contribution in [0.2, 0.25) is 0 Å². The van der Waals surface area contributed by atoms with Gasteiger partial charge in [-0.3, -0.25) is 9.59 Å². The van der Waals surface area contributed by atoms with Crippen LogP contribution in [0, 0.1) is 0 Å². The summed E-state index contributed by atoms with van der Waals surface area (Å²) in [5, 5.41) is 13.5. The predicted octanol–water partition coefficient (Wildman–Crippen LogP) is 2.70. The molecule has 174 valence electrons. The maximum atomic E-state index is 13.3. The largest absolute Gasteiger partial charge is 0.381 e. The number of ether oxygens (including phenoxy) is 1. The molecular formula is C23H29N7O3. The van der Waals surface area contributed by atoms with Crippen molar-refractivity contribution in [2.45, 2.75) is 56.7 Å². The van der Waals surface area contributed by atoms with Gasteiger partial charge in [-0.2, -0.15) is 9.61 Å². The van der Waals surface area contributed by atoms with Crippen molar-refractivity contribution >= 4 is 28.9 Å². The fraction of sp³-hybridized carbons (Fsp3) is 0.478. The SMILES string of the molecule is CNc1cc(Nc2cccn(C3CCC[C@@H](OC)C3)c2=O)nc2c(C(=O)NC3CC3)cnn12. The van der Waals surface area contributed by atoms with Gasteiger partial charge in [0.2, 0.25) is 0 Å². The van der Waals surface area contributed by atoms with Gasteiger partial charge in [0.1, 0.15) is 22.9 Å². The van der Waals surface area contributed by atoms with E-state index in [9.17, 15) is 9.59 Å². The maximum Gasteiger partial charge on any atom is 0.274 e. The highest BCUT2D eigenvalue weighted by atomic mass is 16.5. The lowest BCUT2D eigenvalue weighted by molar-refractivity contribution is 0.0525. The molecule has 2 saturated carbocycles. The Bertz CT molecular complexity index is 1230. The Labute approximate surface area is 191 Å². The van der Waals surface area contributed by atoms with Gasteiger partial charge in [-0.25, -0.2) is 4.98 Å². The molecular weight excluding hydrogens is 422 g/mol. The third kappa shape index (κ3) is 4.30. The number of hydrogen-bond acceptors (Lipinski definition) is 7. The minimum Gasteiger partial charge on any atom is -0.381 e. The van der Waals surface area contributed by atoms with Crippen LogP contribution in [-0.2, 0) is 4.74 Å². The zero-order valence-corrected chi connectivity index (χ0v) is 18.9. The molecule has 3 heterocycles.